The number of amides is 1. The number of fused-ring (bicyclic) bond motifs is 1. The van der Waals surface area contributed by atoms with E-state index in [4.69, 9.17) is 9.88 Å². The summed E-state index contributed by atoms with van der Waals surface area (Å²) in [5.41, 5.74) is 0.971. The van der Waals surface area contributed by atoms with E-state index in [1.807, 2.05) is 13.8 Å². The van der Waals surface area contributed by atoms with Crippen LogP contribution >= 0.6 is 11.3 Å². The number of primary sulfonamides is 1. The van der Waals surface area contributed by atoms with Crippen LogP contribution in [0.4, 0.5) is 0 Å². The fraction of sp³-hybridized carbons (Fsp3) is 0.421. The molecule has 0 saturated heterocycles. The van der Waals surface area contributed by atoms with Gasteiger partial charge in [-0.1, -0.05) is 19.1 Å². The molecule has 0 aliphatic rings. The molecule has 3 rings (SSSR count). The van der Waals surface area contributed by atoms with Gasteiger partial charge in [-0.3, -0.25) is 4.79 Å². The number of nitrogens with zero attached hydrogens (tertiary/aromatic N) is 4. The smallest absolute Gasteiger partial charge is 0.328 e. The van der Waals surface area contributed by atoms with Crippen LogP contribution in [0.2, 0.25) is 0 Å². The molecule has 2 heterocycles. The van der Waals surface area contributed by atoms with E-state index in [2.05, 4.69) is 25.3 Å². The molecule has 2 atom stereocenters. The molecule has 3 N–H and O–H groups in total. The summed E-state index contributed by atoms with van der Waals surface area (Å²) < 4.78 is 35.2. The highest BCUT2D eigenvalue weighted by Crippen LogP contribution is 2.28. The first-order chi connectivity index (χ1) is 15.5. The van der Waals surface area contributed by atoms with Gasteiger partial charge in [0.1, 0.15) is 30.1 Å². The van der Waals surface area contributed by atoms with Crippen LogP contribution in [0.15, 0.2) is 28.7 Å². The number of nitrogens with two attached hydrogens (primary N) is 1. The molecule has 1 aromatic carbocycles. The molecule has 3 aromatic rings. The lowest BCUT2D eigenvalue weighted by atomic mass is 10.0. The Morgan fingerprint density at radius 3 is 2.64 bits per heavy atom. The molecule has 0 bridgehead atoms. The van der Waals surface area contributed by atoms with E-state index in [1.54, 1.807) is 24.4 Å². The Balaban J connectivity index is 1.70. The summed E-state index contributed by atoms with van der Waals surface area (Å²) in [6, 6.07) is 3.45. The Hall–Kier alpha value is -3.10. The largest absolute Gasteiger partial charge is 0.487 e. The van der Waals surface area contributed by atoms with Gasteiger partial charge in [0.05, 0.1) is 23.5 Å². The van der Waals surface area contributed by atoms with Crippen LogP contribution in [0.3, 0.4) is 0 Å². The number of ether oxygens (including phenoxy) is 2. The predicted molar refractivity (Wildman–Crippen MR) is 119 cm³/mol. The van der Waals surface area contributed by atoms with Gasteiger partial charge < -0.3 is 14.8 Å². The third-order valence-electron chi connectivity index (χ3n) is 4.63. The summed E-state index contributed by atoms with van der Waals surface area (Å²) in [5.74, 6) is -0.590. The lowest BCUT2D eigenvalue weighted by Crippen LogP contribution is -2.44. The van der Waals surface area contributed by atoms with E-state index < -0.39 is 28.1 Å². The molecular weight excluding hydrogens is 472 g/mol. The molecular formula is C19H24N6O6S2. The van der Waals surface area contributed by atoms with E-state index in [0.717, 1.165) is 11.3 Å². The number of aromatic nitrogens is 4. The molecule has 1 amide bonds. The van der Waals surface area contributed by atoms with Crippen molar-refractivity contribution < 1.29 is 27.5 Å². The van der Waals surface area contributed by atoms with Crippen molar-refractivity contribution in [2.75, 3.05) is 7.11 Å². The zero-order chi connectivity index (χ0) is 24.3. The minimum atomic E-state index is -3.88. The first-order valence-electron chi connectivity index (χ1n) is 9.84. The van der Waals surface area contributed by atoms with Crippen molar-refractivity contribution in [2.45, 2.75) is 43.8 Å². The van der Waals surface area contributed by atoms with Crippen LogP contribution in [0.25, 0.3) is 10.2 Å². The number of thiazole rings is 1. The number of rotatable bonds is 9. The molecule has 12 nitrogen and oxygen atoms in total. The normalized spacial score (nSPS) is 13.6. The summed E-state index contributed by atoms with van der Waals surface area (Å²) in [6.45, 7) is 5.31. The van der Waals surface area contributed by atoms with E-state index in [0.29, 0.717) is 21.7 Å². The molecule has 0 aliphatic heterocycles. The number of methoxy groups -OCH3 is 1. The first-order valence-corrected chi connectivity index (χ1v) is 12.2. The van der Waals surface area contributed by atoms with Crippen molar-refractivity contribution in [3.05, 3.63) is 30.1 Å². The van der Waals surface area contributed by atoms with Gasteiger partial charge in [-0.15, -0.1) is 16.4 Å². The molecule has 0 saturated carbocycles. The molecule has 2 unspecified atom stereocenters. The Labute approximate surface area is 194 Å². The van der Waals surface area contributed by atoms with Crippen LogP contribution in [0, 0.1) is 5.92 Å². The second-order valence-corrected chi connectivity index (χ2v) is 10.3. The van der Waals surface area contributed by atoms with Gasteiger partial charge >= 0.3 is 5.97 Å². The average Bonchev–Trinajstić information content (AvgIpc) is 3.37. The van der Waals surface area contributed by atoms with Crippen LogP contribution in [-0.2, 0) is 31.0 Å². The van der Waals surface area contributed by atoms with Crippen molar-refractivity contribution in [3.63, 3.8) is 0 Å². The number of carbonyl (C=O) groups excluding carboxylic acids is 2. The van der Waals surface area contributed by atoms with E-state index in [1.165, 1.54) is 18.7 Å². The SMILES string of the molecule is COC(=O)C(C)NC(=O)C(C(C)C)n1cc(COc2ccc3nc(S(N)(=O)=O)sc3c2)nn1. The van der Waals surface area contributed by atoms with Crippen molar-refractivity contribution in [1.29, 1.82) is 0 Å². The number of esters is 1. The van der Waals surface area contributed by atoms with Gasteiger partial charge in [0, 0.05) is 0 Å². The molecule has 0 fully saturated rings. The highest BCUT2D eigenvalue weighted by molar-refractivity contribution is 7.91. The Kier molecular flexibility index (Phi) is 7.29. The monoisotopic (exact) mass is 496 g/mol. The van der Waals surface area contributed by atoms with E-state index in [9.17, 15) is 18.0 Å². The van der Waals surface area contributed by atoms with Gasteiger partial charge in [-0.05, 0) is 31.0 Å². The standard InChI is InChI=1S/C19H24N6O6S2/c1-10(2)16(17(26)21-11(3)18(27)30-4)25-8-12(23-24-25)9-31-13-5-6-14-15(7-13)32-19(22-14)33(20,28)29/h5-8,10-11,16H,9H2,1-4H3,(H,21,26)(H2,20,28,29). The number of hydrogen-bond donors (Lipinski definition) is 2. The van der Waals surface area contributed by atoms with Crippen molar-refractivity contribution in [3.8, 4) is 5.75 Å². The Morgan fingerprint density at radius 1 is 1.27 bits per heavy atom. The summed E-state index contributed by atoms with van der Waals surface area (Å²) >= 11 is 0.949. The fourth-order valence-corrected chi connectivity index (χ4v) is 4.72. The summed E-state index contributed by atoms with van der Waals surface area (Å²) in [6.07, 6.45) is 1.59. The van der Waals surface area contributed by atoms with E-state index >= 15 is 0 Å². The molecule has 0 aliphatic carbocycles. The number of benzene rings is 1. The number of nitrogens with one attached hydrogen (secondary N) is 1. The maximum atomic E-state index is 12.7. The van der Waals surface area contributed by atoms with E-state index in [-0.39, 0.29) is 22.8 Å². The molecule has 2 aromatic heterocycles. The molecule has 0 spiro atoms. The summed E-state index contributed by atoms with van der Waals surface area (Å²) in [7, 11) is -2.63. The maximum Gasteiger partial charge on any atom is 0.328 e. The van der Waals surface area contributed by atoms with Gasteiger partial charge in [-0.25, -0.2) is 28.0 Å². The minimum absolute atomic E-state index is 0.0668. The third-order valence-corrected chi connectivity index (χ3v) is 6.96. The summed E-state index contributed by atoms with van der Waals surface area (Å²) in [5, 5.41) is 15.8. The van der Waals surface area contributed by atoms with Gasteiger partial charge in [0.25, 0.3) is 10.0 Å². The van der Waals surface area contributed by atoms with Crippen LogP contribution < -0.4 is 15.2 Å². The van der Waals surface area contributed by atoms with Crippen LogP contribution in [0.5, 0.6) is 5.75 Å². The zero-order valence-corrected chi connectivity index (χ0v) is 20.0. The van der Waals surface area contributed by atoms with Gasteiger partial charge in [0.15, 0.2) is 0 Å². The lowest BCUT2D eigenvalue weighted by molar-refractivity contribution is -0.145. The average molecular weight is 497 g/mol. The molecule has 178 valence electrons. The molecule has 33 heavy (non-hydrogen) atoms. The number of sulfonamides is 1. The van der Waals surface area contributed by atoms with Crippen LogP contribution in [-0.4, -0.2) is 53.4 Å². The van der Waals surface area contributed by atoms with Gasteiger partial charge in [-0.2, -0.15) is 0 Å². The maximum absolute atomic E-state index is 12.7. The van der Waals surface area contributed by atoms with Crippen molar-refractivity contribution >= 4 is 43.5 Å². The zero-order valence-electron chi connectivity index (χ0n) is 18.4. The lowest BCUT2D eigenvalue weighted by Gasteiger charge is -2.21. The van der Waals surface area contributed by atoms with Crippen molar-refractivity contribution in [2.24, 2.45) is 11.1 Å². The van der Waals surface area contributed by atoms with Crippen LogP contribution in [0.1, 0.15) is 32.5 Å². The first kappa shape index (κ1) is 24.5. The van der Waals surface area contributed by atoms with Crippen molar-refractivity contribution in [1.82, 2.24) is 25.3 Å². The third kappa shape index (κ3) is 5.83. The quantitative estimate of drug-likeness (QED) is 0.410. The second kappa shape index (κ2) is 9.80. The minimum Gasteiger partial charge on any atom is -0.487 e. The Bertz CT molecular complexity index is 1270. The molecule has 0 radical (unpaired) electrons. The predicted octanol–water partition coefficient (Wildman–Crippen LogP) is 0.989. The highest BCUT2D eigenvalue weighted by atomic mass is 32.2. The second-order valence-electron chi connectivity index (χ2n) is 7.58. The van der Waals surface area contributed by atoms with Gasteiger partial charge in [0.2, 0.25) is 10.2 Å². The molecule has 14 heteroatoms. The Morgan fingerprint density at radius 2 is 2.00 bits per heavy atom. The highest BCUT2D eigenvalue weighted by Gasteiger charge is 2.28. The number of hydrogen-bond acceptors (Lipinski definition) is 10. The fourth-order valence-electron chi connectivity index (χ4n) is 3.03. The summed E-state index contributed by atoms with van der Waals surface area (Å²) in [4.78, 5) is 28.3. The number of carbonyl (C=O) groups is 2. The topological polar surface area (TPSA) is 168 Å².